The molecule has 0 saturated carbocycles. The fourth-order valence-electron chi connectivity index (χ4n) is 2.39. The lowest BCUT2D eigenvalue weighted by Crippen LogP contribution is -2.23. The van der Waals surface area contributed by atoms with Crippen molar-refractivity contribution in [3.8, 4) is 0 Å². The van der Waals surface area contributed by atoms with Crippen LogP contribution in [0.4, 0.5) is 4.39 Å². The molecule has 2 rings (SSSR count). The van der Waals surface area contributed by atoms with Gasteiger partial charge in [0.25, 0.3) is 0 Å². The van der Waals surface area contributed by atoms with Gasteiger partial charge in [-0.3, -0.25) is 0 Å². The average molecular weight is 371 g/mol. The molecule has 0 saturated heterocycles. The van der Waals surface area contributed by atoms with E-state index in [4.69, 9.17) is 11.6 Å². The Labute approximate surface area is 138 Å². The molecule has 4 heteroatoms. The van der Waals surface area contributed by atoms with Crippen LogP contribution in [0.5, 0.6) is 0 Å². The van der Waals surface area contributed by atoms with Crippen molar-refractivity contribution >= 4 is 27.5 Å². The van der Waals surface area contributed by atoms with Crippen molar-refractivity contribution in [2.45, 2.75) is 26.3 Å². The first-order valence-corrected chi connectivity index (χ1v) is 8.11. The molecule has 112 valence electrons. The largest absolute Gasteiger partial charge is 0.310 e. The van der Waals surface area contributed by atoms with Gasteiger partial charge < -0.3 is 5.32 Å². The average Bonchev–Trinajstić information content (AvgIpc) is 2.44. The molecule has 0 aromatic heterocycles. The summed E-state index contributed by atoms with van der Waals surface area (Å²) in [7, 11) is 0. The maximum Gasteiger partial charge on any atom is 0.123 e. The lowest BCUT2D eigenvalue weighted by atomic mass is 9.96. The Morgan fingerprint density at radius 1 is 1.24 bits per heavy atom. The summed E-state index contributed by atoms with van der Waals surface area (Å²) < 4.78 is 14.1. The molecule has 0 aliphatic rings. The smallest absolute Gasteiger partial charge is 0.123 e. The summed E-state index contributed by atoms with van der Waals surface area (Å²) in [5, 5.41) is 4.17. The highest BCUT2D eigenvalue weighted by atomic mass is 79.9. The Balaban J connectivity index is 2.28. The van der Waals surface area contributed by atoms with Crippen molar-refractivity contribution in [3.63, 3.8) is 0 Å². The van der Waals surface area contributed by atoms with E-state index in [0.29, 0.717) is 5.02 Å². The maximum atomic E-state index is 13.2. The molecular formula is C17H18BrClFN. The number of nitrogens with one attached hydrogen (secondary N) is 1. The predicted molar refractivity (Wildman–Crippen MR) is 90.4 cm³/mol. The quantitative estimate of drug-likeness (QED) is 0.738. The van der Waals surface area contributed by atoms with Crippen LogP contribution in [-0.2, 0) is 6.42 Å². The van der Waals surface area contributed by atoms with E-state index in [9.17, 15) is 4.39 Å². The summed E-state index contributed by atoms with van der Waals surface area (Å²) >= 11 is 9.60. The zero-order valence-corrected chi connectivity index (χ0v) is 14.4. The molecule has 2 aromatic rings. The minimum Gasteiger partial charge on any atom is -0.310 e. The van der Waals surface area contributed by atoms with Crippen molar-refractivity contribution in [2.75, 3.05) is 6.54 Å². The van der Waals surface area contributed by atoms with Crippen LogP contribution in [-0.4, -0.2) is 6.54 Å². The van der Waals surface area contributed by atoms with Gasteiger partial charge in [-0.15, -0.1) is 0 Å². The summed E-state index contributed by atoms with van der Waals surface area (Å²) in [6, 6.07) is 11.1. The summed E-state index contributed by atoms with van der Waals surface area (Å²) in [6.45, 7) is 4.87. The predicted octanol–water partition coefficient (Wildman–Crippen LogP) is 5.44. The number of aryl methyl sites for hydroxylation is 1. The van der Waals surface area contributed by atoms with Crippen LogP contribution in [0.25, 0.3) is 0 Å². The number of likely N-dealkylation sites (N-methyl/N-ethyl adjacent to an activating group) is 1. The van der Waals surface area contributed by atoms with E-state index in [1.165, 1.54) is 6.07 Å². The van der Waals surface area contributed by atoms with Crippen molar-refractivity contribution < 1.29 is 4.39 Å². The van der Waals surface area contributed by atoms with Crippen LogP contribution in [0, 0.1) is 12.7 Å². The Hall–Kier alpha value is -0.900. The summed E-state index contributed by atoms with van der Waals surface area (Å²) in [6.07, 6.45) is 0.803. The van der Waals surface area contributed by atoms with Crippen LogP contribution in [0.3, 0.4) is 0 Å². The van der Waals surface area contributed by atoms with Gasteiger partial charge in [0.2, 0.25) is 0 Å². The van der Waals surface area contributed by atoms with Crippen molar-refractivity contribution in [2.24, 2.45) is 0 Å². The molecule has 0 spiro atoms. The molecule has 0 radical (unpaired) electrons. The van der Waals surface area contributed by atoms with Gasteiger partial charge in [0.1, 0.15) is 5.82 Å². The van der Waals surface area contributed by atoms with Gasteiger partial charge >= 0.3 is 0 Å². The normalized spacial score (nSPS) is 12.4. The molecule has 1 N–H and O–H groups in total. The van der Waals surface area contributed by atoms with Gasteiger partial charge in [-0.25, -0.2) is 4.39 Å². The van der Waals surface area contributed by atoms with Crippen LogP contribution in [0.1, 0.15) is 29.7 Å². The molecule has 2 aromatic carbocycles. The molecule has 0 amide bonds. The maximum absolute atomic E-state index is 13.2. The summed E-state index contributed by atoms with van der Waals surface area (Å²) in [5.41, 5.74) is 3.25. The standard InChI is InChI=1S/C17H18BrClFN/c1-3-21-17(13-5-7-15(18)16(19)9-13)10-12-4-6-14(20)8-11(12)2/h4-9,17,21H,3,10H2,1-2H3. The molecule has 1 unspecified atom stereocenters. The van der Waals surface area contributed by atoms with Gasteiger partial charge in [0.05, 0.1) is 5.02 Å². The highest BCUT2D eigenvalue weighted by molar-refractivity contribution is 9.10. The molecule has 0 fully saturated rings. The summed E-state index contributed by atoms with van der Waals surface area (Å²) in [4.78, 5) is 0. The summed E-state index contributed by atoms with van der Waals surface area (Å²) in [5.74, 6) is -0.192. The first kappa shape index (κ1) is 16.5. The number of hydrogen-bond donors (Lipinski definition) is 1. The van der Waals surface area contributed by atoms with E-state index in [1.54, 1.807) is 6.07 Å². The number of benzene rings is 2. The number of hydrogen-bond acceptors (Lipinski definition) is 1. The van der Waals surface area contributed by atoms with Crippen molar-refractivity contribution in [3.05, 3.63) is 68.4 Å². The fraction of sp³-hybridized carbons (Fsp3) is 0.294. The highest BCUT2D eigenvalue weighted by Crippen LogP contribution is 2.28. The van der Waals surface area contributed by atoms with E-state index in [0.717, 1.165) is 34.1 Å². The molecule has 21 heavy (non-hydrogen) atoms. The van der Waals surface area contributed by atoms with E-state index in [-0.39, 0.29) is 11.9 Å². The molecule has 0 aliphatic carbocycles. The molecular weight excluding hydrogens is 353 g/mol. The SMILES string of the molecule is CCNC(Cc1ccc(F)cc1C)c1ccc(Br)c(Cl)c1. The second-order valence-corrected chi connectivity index (χ2v) is 6.32. The first-order chi connectivity index (χ1) is 10.0. The van der Waals surface area contributed by atoms with Gasteiger partial charge in [-0.1, -0.05) is 30.7 Å². The third-order valence-corrected chi connectivity index (χ3v) is 4.76. The molecule has 0 bridgehead atoms. The second-order valence-electron chi connectivity index (χ2n) is 5.06. The van der Waals surface area contributed by atoms with Gasteiger partial charge in [0.15, 0.2) is 0 Å². The molecule has 0 aliphatic heterocycles. The van der Waals surface area contributed by atoms with Gasteiger partial charge in [-0.05, 0) is 76.8 Å². The van der Waals surface area contributed by atoms with Crippen LogP contribution < -0.4 is 5.32 Å². The Morgan fingerprint density at radius 3 is 2.62 bits per heavy atom. The number of rotatable bonds is 5. The first-order valence-electron chi connectivity index (χ1n) is 6.94. The number of halogens is 3. The van der Waals surface area contributed by atoms with Gasteiger partial charge in [0, 0.05) is 10.5 Å². The Bertz CT molecular complexity index is 630. The second kappa shape index (κ2) is 7.39. The molecule has 1 nitrogen and oxygen atoms in total. The Morgan fingerprint density at radius 2 is 2.00 bits per heavy atom. The van der Waals surface area contributed by atoms with Crippen LogP contribution in [0.15, 0.2) is 40.9 Å². The molecule has 1 atom stereocenters. The topological polar surface area (TPSA) is 12.0 Å². The van der Waals surface area contributed by atoms with E-state index in [1.807, 2.05) is 25.1 Å². The third kappa shape index (κ3) is 4.29. The Kier molecular flexibility index (Phi) is 5.80. The zero-order valence-electron chi connectivity index (χ0n) is 12.1. The minimum absolute atomic E-state index is 0.157. The lowest BCUT2D eigenvalue weighted by molar-refractivity contribution is 0.547. The fourth-order valence-corrected chi connectivity index (χ4v) is 2.83. The van der Waals surface area contributed by atoms with Crippen molar-refractivity contribution in [1.82, 2.24) is 5.32 Å². The lowest BCUT2D eigenvalue weighted by Gasteiger charge is -2.20. The van der Waals surface area contributed by atoms with Crippen LogP contribution >= 0.6 is 27.5 Å². The van der Waals surface area contributed by atoms with E-state index >= 15 is 0 Å². The molecule has 0 heterocycles. The highest BCUT2D eigenvalue weighted by Gasteiger charge is 2.14. The zero-order chi connectivity index (χ0) is 15.4. The monoisotopic (exact) mass is 369 g/mol. The minimum atomic E-state index is -0.192. The van der Waals surface area contributed by atoms with Crippen molar-refractivity contribution in [1.29, 1.82) is 0 Å². The van der Waals surface area contributed by atoms with E-state index < -0.39 is 0 Å². The van der Waals surface area contributed by atoms with Crippen LogP contribution in [0.2, 0.25) is 5.02 Å². The van der Waals surface area contributed by atoms with Gasteiger partial charge in [-0.2, -0.15) is 0 Å². The van der Waals surface area contributed by atoms with E-state index in [2.05, 4.69) is 34.2 Å². The third-order valence-electron chi connectivity index (χ3n) is 3.53.